The number of carbonyl (C=O) groups excluding carboxylic acids is 1. The molecule has 1 saturated heterocycles. The summed E-state index contributed by atoms with van der Waals surface area (Å²) in [7, 11) is 4.06. The van der Waals surface area contributed by atoms with Crippen molar-refractivity contribution in [2.45, 2.75) is 44.9 Å². The van der Waals surface area contributed by atoms with Crippen molar-refractivity contribution >= 4 is 11.6 Å². The van der Waals surface area contributed by atoms with Gasteiger partial charge in [0, 0.05) is 30.2 Å². The highest BCUT2D eigenvalue weighted by atomic mass is 16.5. The minimum atomic E-state index is -0.879. The smallest absolute Gasteiger partial charge is 0.245 e. The van der Waals surface area contributed by atoms with Crippen LogP contribution < -0.4 is 11.1 Å². The minimum absolute atomic E-state index is 0.0853. The second kappa shape index (κ2) is 6.14. The molecule has 3 unspecified atom stereocenters. The molecule has 2 aliphatic rings. The number of hydrogen-bond acceptors (Lipinski definition) is 4. The monoisotopic (exact) mass is 331 g/mol. The first-order chi connectivity index (χ1) is 11.3. The van der Waals surface area contributed by atoms with E-state index in [9.17, 15) is 4.79 Å². The van der Waals surface area contributed by atoms with Gasteiger partial charge in [-0.05, 0) is 44.6 Å². The van der Waals surface area contributed by atoms with Gasteiger partial charge in [-0.3, -0.25) is 4.79 Å². The summed E-state index contributed by atoms with van der Waals surface area (Å²) in [6.45, 7) is 5.69. The van der Waals surface area contributed by atoms with Gasteiger partial charge in [-0.25, -0.2) is 0 Å². The maximum absolute atomic E-state index is 13.0. The summed E-state index contributed by atoms with van der Waals surface area (Å²) < 4.78 is 5.89. The number of benzene rings is 1. The zero-order chi connectivity index (χ0) is 17.5. The fraction of sp³-hybridized carbons (Fsp3) is 0.632. The van der Waals surface area contributed by atoms with Crippen molar-refractivity contribution < 1.29 is 9.53 Å². The average Bonchev–Trinajstić information content (AvgIpc) is 2.53. The molecule has 24 heavy (non-hydrogen) atoms. The van der Waals surface area contributed by atoms with Gasteiger partial charge in [0.1, 0.15) is 5.54 Å². The molecule has 1 aliphatic heterocycles. The van der Waals surface area contributed by atoms with Crippen molar-refractivity contribution in [3.8, 4) is 0 Å². The van der Waals surface area contributed by atoms with E-state index in [1.807, 2.05) is 46.1 Å². The van der Waals surface area contributed by atoms with Gasteiger partial charge >= 0.3 is 0 Å². The molecule has 1 aromatic rings. The van der Waals surface area contributed by atoms with Crippen LogP contribution in [-0.4, -0.2) is 43.2 Å². The third-order valence-electron chi connectivity index (χ3n) is 5.74. The molecule has 1 saturated carbocycles. The van der Waals surface area contributed by atoms with Crippen molar-refractivity contribution in [2.75, 3.05) is 26.0 Å². The van der Waals surface area contributed by atoms with Gasteiger partial charge in [-0.15, -0.1) is 0 Å². The lowest BCUT2D eigenvalue weighted by Gasteiger charge is -2.65. The van der Waals surface area contributed by atoms with E-state index in [0.717, 1.165) is 37.2 Å². The summed E-state index contributed by atoms with van der Waals surface area (Å²) in [5.74, 6) is 0.00691. The number of nitrogens with zero attached hydrogens (tertiary/aromatic N) is 1. The maximum atomic E-state index is 13.0. The Hall–Kier alpha value is -1.43. The molecule has 1 aromatic carbocycles. The van der Waals surface area contributed by atoms with E-state index >= 15 is 0 Å². The fourth-order valence-corrected chi connectivity index (χ4v) is 4.38. The second-order valence-electron chi connectivity index (χ2n) is 8.02. The summed E-state index contributed by atoms with van der Waals surface area (Å²) in [5.41, 5.74) is 7.38. The fourth-order valence-electron chi connectivity index (χ4n) is 4.38. The van der Waals surface area contributed by atoms with Crippen molar-refractivity contribution in [3.63, 3.8) is 0 Å². The van der Waals surface area contributed by atoms with E-state index in [4.69, 9.17) is 10.5 Å². The van der Waals surface area contributed by atoms with Gasteiger partial charge in [0.05, 0.1) is 6.10 Å². The molecule has 0 radical (unpaired) electrons. The largest absolute Gasteiger partial charge is 0.377 e. The Labute approximate surface area is 144 Å². The highest BCUT2D eigenvalue weighted by Gasteiger charge is 2.70. The summed E-state index contributed by atoms with van der Waals surface area (Å²) in [4.78, 5) is 15.1. The first kappa shape index (κ1) is 17.4. The van der Waals surface area contributed by atoms with Crippen LogP contribution in [0.3, 0.4) is 0 Å². The molecule has 5 heteroatoms. The van der Waals surface area contributed by atoms with Gasteiger partial charge in [0.15, 0.2) is 0 Å². The predicted octanol–water partition coefficient (Wildman–Crippen LogP) is 2.22. The Morgan fingerprint density at radius 1 is 1.42 bits per heavy atom. The Balaban J connectivity index is 1.77. The number of ether oxygens (including phenoxy) is 1. The van der Waals surface area contributed by atoms with E-state index in [-0.39, 0.29) is 23.3 Å². The SMILES string of the molecule is CN(C)Cc1cccc(NC(=O)C2(N)C3CCCOC3C2(C)C)c1. The van der Waals surface area contributed by atoms with Crippen LogP contribution in [-0.2, 0) is 16.1 Å². The van der Waals surface area contributed by atoms with E-state index in [1.165, 1.54) is 0 Å². The highest BCUT2D eigenvalue weighted by molar-refractivity contribution is 6.00. The van der Waals surface area contributed by atoms with Crippen LogP contribution in [0.5, 0.6) is 0 Å². The predicted molar refractivity (Wildman–Crippen MR) is 95.6 cm³/mol. The molecule has 5 nitrogen and oxygen atoms in total. The molecule has 1 heterocycles. The van der Waals surface area contributed by atoms with Crippen LogP contribution in [0.25, 0.3) is 0 Å². The van der Waals surface area contributed by atoms with Crippen LogP contribution in [0.4, 0.5) is 5.69 Å². The quantitative estimate of drug-likeness (QED) is 0.888. The van der Waals surface area contributed by atoms with Crippen molar-refractivity contribution in [2.24, 2.45) is 17.1 Å². The van der Waals surface area contributed by atoms with Crippen molar-refractivity contribution in [3.05, 3.63) is 29.8 Å². The summed E-state index contributed by atoms with van der Waals surface area (Å²) >= 11 is 0. The number of rotatable bonds is 4. The molecule has 3 rings (SSSR count). The minimum Gasteiger partial charge on any atom is -0.377 e. The van der Waals surface area contributed by atoms with Gasteiger partial charge in [-0.2, -0.15) is 0 Å². The van der Waals surface area contributed by atoms with Crippen LogP contribution in [0, 0.1) is 11.3 Å². The van der Waals surface area contributed by atoms with Crippen LogP contribution >= 0.6 is 0 Å². The molecular formula is C19H29N3O2. The lowest BCUT2D eigenvalue weighted by atomic mass is 9.46. The van der Waals surface area contributed by atoms with Crippen molar-refractivity contribution in [1.29, 1.82) is 0 Å². The number of anilines is 1. The standard InChI is InChI=1S/C19H29N3O2/c1-18(2)16-15(9-6-10-24-16)19(18,20)17(23)21-14-8-5-7-13(11-14)12-22(3)4/h5,7-8,11,15-16H,6,9-10,12,20H2,1-4H3,(H,21,23). The van der Waals surface area contributed by atoms with Crippen LogP contribution in [0.1, 0.15) is 32.3 Å². The summed E-state index contributed by atoms with van der Waals surface area (Å²) in [6, 6.07) is 7.96. The number of hydrogen-bond donors (Lipinski definition) is 2. The Morgan fingerprint density at radius 2 is 2.17 bits per heavy atom. The Kier molecular flexibility index (Phi) is 4.45. The Morgan fingerprint density at radius 3 is 2.88 bits per heavy atom. The summed E-state index contributed by atoms with van der Waals surface area (Å²) in [5, 5.41) is 3.05. The van der Waals surface area contributed by atoms with Gasteiger partial charge in [0.25, 0.3) is 0 Å². The molecule has 1 amide bonds. The molecule has 132 valence electrons. The molecule has 3 N–H and O–H groups in total. The first-order valence-corrected chi connectivity index (χ1v) is 8.72. The number of carbonyl (C=O) groups is 1. The van der Waals surface area contributed by atoms with Crippen LogP contribution in [0.2, 0.25) is 0 Å². The van der Waals surface area contributed by atoms with E-state index in [2.05, 4.69) is 16.3 Å². The lowest BCUT2D eigenvalue weighted by molar-refractivity contribution is -0.222. The van der Waals surface area contributed by atoms with E-state index < -0.39 is 5.54 Å². The molecule has 0 spiro atoms. The van der Waals surface area contributed by atoms with Crippen LogP contribution in [0.15, 0.2) is 24.3 Å². The number of nitrogens with one attached hydrogen (secondary N) is 1. The van der Waals surface area contributed by atoms with Gasteiger partial charge < -0.3 is 20.7 Å². The molecule has 2 fully saturated rings. The van der Waals surface area contributed by atoms with E-state index in [1.54, 1.807) is 0 Å². The van der Waals surface area contributed by atoms with Crippen molar-refractivity contribution in [1.82, 2.24) is 4.90 Å². The number of amides is 1. The summed E-state index contributed by atoms with van der Waals surface area (Å²) in [6.07, 6.45) is 2.02. The zero-order valence-corrected chi connectivity index (χ0v) is 15.1. The maximum Gasteiger partial charge on any atom is 0.245 e. The second-order valence-corrected chi connectivity index (χ2v) is 8.02. The topological polar surface area (TPSA) is 67.6 Å². The van der Waals surface area contributed by atoms with E-state index in [0.29, 0.717) is 0 Å². The molecule has 0 aromatic heterocycles. The lowest BCUT2D eigenvalue weighted by Crippen LogP contribution is -2.81. The third kappa shape index (κ3) is 2.65. The van der Waals surface area contributed by atoms with Gasteiger partial charge in [0.2, 0.25) is 5.91 Å². The number of nitrogens with two attached hydrogens (primary N) is 1. The third-order valence-corrected chi connectivity index (χ3v) is 5.74. The van der Waals surface area contributed by atoms with Gasteiger partial charge in [-0.1, -0.05) is 26.0 Å². The average molecular weight is 331 g/mol. The number of fused-ring (bicyclic) bond motifs is 1. The first-order valence-electron chi connectivity index (χ1n) is 8.72. The molecule has 0 bridgehead atoms. The molecule has 1 aliphatic carbocycles. The normalized spacial score (nSPS) is 31.2. The zero-order valence-electron chi connectivity index (χ0n) is 15.1. The highest BCUT2D eigenvalue weighted by Crippen LogP contribution is 2.57. The molecular weight excluding hydrogens is 302 g/mol. The molecule has 3 atom stereocenters. The Bertz CT molecular complexity index is 629.